The fraction of sp³-hybridized carbons (Fsp3) is 0.0909. The maximum Gasteiger partial charge on any atom is 0.238 e. The van der Waals surface area contributed by atoms with Crippen LogP contribution in [-0.4, -0.2) is 15.3 Å². The van der Waals surface area contributed by atoms with Crippen LogP contribution in [0.4, 0.5) is 0 Å². The third-order valence-electron chi connectivity index (χ3n) is 1.94. The number of aliphatic hydroxyl groups excluding tert-OH is 1. The zero-order chi connectivity index (χ0) is 11.4. The minimum absolute atomic E-state index is 0.0149. The van der Waals surface area contributed by atoms with Crippen molar-refractivity contribution >= 4 is 11.6 Å². The van der Waals surface area contributed by atoms with E-state index < -0.39 is 0 Å². The van der Waals surface area contributed by atoms with Crippen molar-refractivity contribution in [1.29, 1.82) is 0 Å². The van der Waals surface area contributed by atoms with Gasteiger partial charge in [-0.05, 0) is 23.8 Å². The van der Waals surface area contributed by atoms with Crippen LogP contribution in [0.2, 0.25) is 5.15 Å². The van der Waals surface area contributed by atoms with Crippen molar-refractivity contribution < 1.29 is 9.84 Å². The van der Waals surface area contributed by atoms with E-state index in [4.69, 9.17) is 21.4 Å². The van der Waals surface area contributed by atoms with Crippen LogP contribution in [0.5, 0.6) is 11.6 Å². The predicted octanol–water partition coefficient (Wildman–Crippen LogP) is 2.41. The number of ether oxygens (including phenoxy) is 1. The molecular formula is C11H9ClN2O2. The molecule has 4 nitrogen and oxygen atoms in total. The first-order chi connectivity index (χ1) is 7.78. The van der Waals surface area contributed by atoms with Crippen molar-refractivity contribution in [2.45, 2.75) is 6.61 Å². The Morgan fingerprint density at radius 1 is 1.06 bits per heavy atom. The van der Waals surface area contributed by atoms with E-state index in [1.165, 1.54) is 0 Å². The number of aromatic nitrogens is 2. The smallest absolute Gasteiger partial charge is 0.238 e. The highest BCUT2D eigenvalue weighted by atomic mass is 35.5. The van der Waals surface area contributed by atoms with E-state index in [-0.39, 0.29) is 6.61 Å². The van der Waals surface area contributed by atoms with Gasteiger partial charge in [0.25, 0.3) is 0 Å². The van der Waals surface area contributed by atoms with E-state index in [0.717, 1.165) is 5.56 Å². The van der Waals surface area contributed by atoms with Crippen LogP contribution in [0.1, 0.15) is 5.56 Å². The summed E-state index contributed by atoms with van der Waals surface area (Å²) in [5.74, 6) is 1.01. The van der Waals surface area contributed by atoms with Gasteiger partial charge < -0.3 is 9.84 Å². The lowest BCUT2D eigenvalue weighted by molar-refractivity contribution is 0.281. The molecule has 5 heteroatoms. The molecule has 1 aromatic heterocycles. The van der Waals surface area contributed by atoms with Gasteiger partial charge in [0.2, 0.25) is 5.88 Å². The second-order valence-corrected chi connectivity index (χ2v) is 3.49. The SMILES string of the molecule is OCc1ccc(Oc2ccc(Cl)nn2)cc1. The summed E-state index contributed by atoms with van der Waals surface area (Å²) in [5.41, 5.74) is 0.828. The summed E-state index contributed by atoms with van der Waals surface area (Å²) >= 11 is 5.60. The van der Waals surface area contributed by atoms with Crippen molar-refractivity contribution in [2.24, 2.45) is 0 Å². The molecule has 82 valence electrons. The average Bonchev–Trinajstić information content (AvgIpc) is 2.33. The summed E-state index contributed by atoms with van der Waals surface area (Å²) in [5, 5.41) is 16.6. The quantitative estimate of drug-likeness (QED) is 0.889. The van der Waals surface area contributed by atoms with Gasteiger partial charge in [0.15, 0.2) is 5.15 Å². The number of hydrogen-bond acceptors (Lipinski definition) is 4. The number of aliphatic hydroxyl groups is 1. The first kappa shape index (κ1) is 10.9. The second kappa shape index (κ2) is 4.92. The summed E-state index contributed by atoms with van der Waals surface area (Å²) in [4.78, 5) is 0. The van der Waals surface area contributed by atoms with Crippen LogP contribution in [0.3, 0.4) is 0 Å². The Balaban J connectivity index is 2.11. The Bertz CT molecular complexity index is 456. The molecule has 0 unspecified atom stereocenters. The number of halogens is 1. The van der Waals surface area contributed by atoms with Crippen LogP contribution in [0.25, 0.3) is 0 Å². The van der Waals surface area contributed by atoms with E-state index in [9.17, 15) is 0 Å². The number of benzene rings is 1. The Morgan fingerprint density at radius 2 is 1.81 bits per heavy atom. The number of hydrogen-bond donors (Lipinski definition) is 1. The van der Waals surface area contributed by atoms with Gasteiger partial charge in [0, 0.05) is 6.07 Å². The van der Waals surface area contributed by atoms with Gasteiger partial charge in [-0.15, -0.1) is 10.2 Å². The van der Waals surface area contributed by atoms with Crippen LogP contribution in [-0.2, 0) is 6.61 Å². The molecule has 0 radical (unpaired) electrons. The Morgan fingerprint density at radius 3 is 2.38 bits per heavy atom. The molecule has 0 amide bonds. The van der Waals surface area contributed by atoms with Gasteiger partial charge in [-0.3, -0.25) is 0 Å². The molecule has 2 aromatic rings. The molecule has 0 fully saturated rings. The number of rotatable bonds is 3. The zero-order valence-electron chi connectivity index (χ0n) is 8.30. The molecular weight excluding hydrogens is 228 g/mol. The molecule has 0 aliphatic heterocycles. The molecule has 1 heterocycles. The molecule has 16 heavy (non-hydrogen) atoms. The lowest BCUT2D eigenvalue weighted by Crippen LogP contribution is -1.90. The van der Waals surface area contributed by atoms with Gasteiger partial charge >= 0.3 is 0 Å². The van der Waals surface area contributed by atoms with Crippen LogP contribution < -0.4 is 4.74 Å². The minimum atomic E-state index is 0.0149. The van der Waals surface area contributed by atoms with Crippen molar-refractivity contribution in [1.82, 2.24) is 10.2 Å². The second-order valence-electron chi connectivity index (χ2n) is 3.10. The van der Waals surface area contributed by atoms with Crippen molar-refractivity contribution in [3.8, 4) is 11.6 Å². The molecule has 0 spiro atoms. The highest BCUT2D eigenvalue weighted by molar-refractivity contribution is 6.29. The lowest BCUT2D eigenvalue weighted by Gasteiger charge is -2.04. The summed E-state index contributed by atoms with van der Waals surface area (Å²) in [6, 6.07) is 10.3. The van der Waals surface area contributed by atoms with Crippen molar-refractivity contribution in [3.63, 3.8) is 0 Å². The molecule has 1 aromatic carbocycles. The van der Waals surface area contributed by atoms with Gasteiger partial charge in [-0.25, -0.2) is 0 Å². The molecule has 0 atom stereocenters. The highest BCUT2D eigenvalue weighted by Crippen LogP contribution is 2.19. The standard InChI is InChI=1S/C11H9ClN2O2/c12-10-5-6-11(14-13-10)16-9-3-1-8(7-15)2-4-9/h1-6,15H,7H2. The fourth-order valence-electron chi connectivity index (χ4n) is 1.14. The normalized spacial score (nSPS) is 10.1. The van der Waals surface area contributed by atoms with Crippen LogP contribution in [0, 0.1) is 0 Å². The molecule has 0 aliphatic rings. The Labute approximate surface area is 97.5 Å². The first-order valence-electron chi connectivity index (χ1n) is 4.65. The molecule has 0 saturated heterocycles. The molecule has 1 N–H and O–H groups in total. The van der Waals surface area contributed by atoms with E-state index in [2.05, 4.69) is 10.2 Å². The molecule has 2 rings (SSSR count). The van der Waals surface area contributed by atoms with Gasteiger partial charge in [0.05, 0.1) is 6.61 Å². The van der Waals surface area contributed by atoms with E-state index in [0.29, 0.717) is 16.8 Å². The fourth-order valence-corrected chi connectivity index (χ4v) is 1.24. The van der Waals surface area contributed by atoms with Crippen LogP contribution in [0.15, 0.2) is 36.4 Å². The van der Waals surface area contributed by atoms with Gasteiger partial charge in [-0.2, -0.15) is 0 Å². The zero-order valence-corrected chi connectivity index (χ0v) is 9.05. The number of nitrogens with zero attached hydrogens (tertiary/aromatic N) is 2. The van der Waals surface area contributed by atoms with Crippen molar-refractivity contribution in [2.75, 3.05) is 0 Å². The maximum atomic E-state index is 8.87. The highest BCUT2D eigenvalue weighted by Gasteiger charge is 1.99. The molecule has 0 bridgehead atoms. The average molecular weight is 237 g/mol. The minimum Gasteiger partial charge on any atom is -0.438 e. The Kier molecular flexibility index (Phi) is 3.34. The topological polar surface area (TPSA) is 55.2 Å². The molecule has 0 aliphatic carbocycles. The van der Waals surface area contributed by atoms with Gasteiger partial charge in [0.1, 0.15) is 5.75 Å². The third kappa shape index (κ3) is 2.68. The Hall–Kier alpha value is -1.65. The van der Waals surface area contributed by atoms with Crippen molar-refractivity contribution in [3.05, 3.63) is 47.1 Å². The summed E-state index contributed by atoms with van der Waals surface area (Å²) < 4.78 is 5.42. The monoisotopic (exact) mass is 236 g/mol. The molecule has 0 saturated carbocycles. The summed E-state index contributed by atoms with van der Waals surface area (Å²) in [6.45, 7) is 0.0149. The third-order valence-corrected chi connectivity index (χ3v) is 2.14. The largest absolute Gasteiger partial charge is 0.438 e. The summed E-state index contributed by atoms with van der Waals surface area (Å²) in [7, 11) is 0. The first-order valence-corrected chi connectivity index (χ1v) is 5.02. The van der Waals surface area contributed by atoms with Gasteiger partial charge in [-0.1, -0.05) is 23.7 Å². The predicted molar refractivity (Wildman–Crippen MR) is 59.5 cm³/mol. The van der Waals surface area contributed by atoms with E-state index >= 15 is 0 Å². The maximum absolute atomic E-state index is 8.87. The van der Waals surface area contributed by atoms with Crippen LogP contribution >= 0.6 is 11.6 Å². The summed E-state index contributed by atoms with van der Waals surface area (Å²) in [6.07, 6.45) is 0. The lowest BCUT2D eigenvalue weighted by atomic mass is 10.2. The van der Waals surface area contributed by atoms with E-state index in [1.807, 2.05) is 0 Å². The van der Waals surface area contributed by atoms with E-state index in [1.54, 1.807) is 36.4 Å².